The summed E-state index contributed by atoms with van der Waals surface area (Å²) < 4.78 is 10.2. The molecule has 1 N–H and O–H groups in total. The summed E-state index contributed by atoms with van der Waals surface area (Å²) in [6.45, 7) is 7.91. The summed E-state index contributed by atoms with van der Waals surface area (Å²) in [6, 6.07) is 3.67. The molecule has 1 aromatic carbocycles. The van der Waals surface area contributed by atoms with Crippen LogP contribution in [0.25, 0.3) is 0 Å². The molecule has 0 saturated carbocycles. The molecule has 1 rings (SSSR count). The molecule has 0 aliphatic heterocycles. The number of carboxylic acids is 1. The number of aromatic carboxylic acids is 1. The van der Waals surface area contributed by atoms with Crippen molar-refractivity contribution in [1.82, 2.24) is 0 Å². The van der Waals surface area contributed by atoms with Gasteiger partial charge in [-0.05, 0) is 30.0 Å². The Morgan fingerprint density at radius 3 is 1.83 bits per heavy atom. The monoisotopic (exact) mass is 322 g/mol. The van der Waals surface area contributed by atoms with Gasteiger partial charge in [0.05, 0.1) is 29.9 Å². The molecule has 126 valence electrons. The van der Waals surface area contributed by atoms with E-state index in [0.717, 1.165) is 6.07 Å². The Labute approximate surface area is 135 Å². The largest absolute Gasteiger partial charge is 0.478 e. The van der Waals surface area contributed by atoms with Crippen molar-refractivity contribution in [3.05, 3.63) is 34.9 Å². The number of esters is 2. The Morgan fingerprint density at radius 1 is 0.913 bits per heavy atom. The van der Waals surface area contributed by atoms with Gasteiger partial charge in [0.25, 0.3) is 0 Å². The molecule has 6 nitrogen and oxygen atoms in total. The maximum absolute atomic E-state index is 12.2. The van der Waals surface area contributed by atoms with Gasteiger partial charge in [0.15, 0.2) is 0 Å². The molecule has 0 spiro atoms. The molecule has 1 aromatic rings. The summed E-state index contributed by atoms with van der Waals surface area (Å²) >= 11 is 0. The van der Waals surface area contributed by atoms with Crippen molar-refractivity contribution in [2.45, 2.75) is 27.7 Å². The Balaban J connectivity index is 3.10. The standard InChI is InChI=1S/C17H22O6/c1-10(2)8-22-16(20)13-6-5-12(15(18)19)7-14(13)17(21)23-9-11(3)4/h5-7,10-11H,8-9H2,1-4H3,(H,18,19). The zero-order chi connectivity index (χ0) is 17.6. The molecule has 0 aliphatic rings. The smallest absolute Gasteiger partial charge is 0.339 e. The van der Waals surface area contributed by atoms with Gasteiger partial charge < -0.3 is 14.6 Å². The minimum absolute atomic E-state index is 0.00408. The van der Waals surface area contributed by atoms with Crippen LogP contribution in [0.5, 0.6) is 0 Å². The van der Waals surface area contributed by atoms with Crippen molar-refractivity contribution < 1.29 is 29.0 Å². The van der Waals surface area contributed by atoms with E-state index >= 15 is 0 Å². The third-order valence-corrected chi connectivity index (χ3v) is 2.80. The second-order valence-corrected chi connectivity index (χ2v) is 6.05. The minimum atomic E-state index is -1.19. The normalized spacial score (nSPS) is 10.7. The van der Waals surface area contributed by atoms with Gasteiger partial charge in [-0.15, -0.1) is 0 Å². The zero-order valence-corrected chi connectivity index (χ0v) is 13.8. The maximum atomic E-state index is 12.2. The third-order valence-electron chi connectivity index (χ3n) is 2.80. The summed E-state index contributed by atoms with van der Waals surface area (Å²) in [7, 11) is 0. The topological polar surface area (TPSA) is 89.9 Å². The van der Waals surface area contributed by atoms with E-state index < -0.39 is 17.9 Å². The van der Waals surface area contributed by atoms with E-state index in [1.807, 2.05) is 27.7 Å². The van der Waals surface area contributed by atoms with Crippen LogP contribution < -0.4 is 0 Å². The fourth-order valence-corrected chi connectivity index (χ4v) is 1.66. The van der Waals surface area contributed by atoms with Crippen LogP contribution in [0.1, 0.15) is 58.8 Å². The Hall–Kier alpha value is -2.37. The van der Waals surface area contributed by atoms with Crippen LogP contribution >= 0.6 is 0 Å². The first kappa shape index (κ1) is 18.7. The van der Waals surface area contributed by atoms with Gasteiger partial charge >= 0.3 is 17.9 Å². The molecule has 0 unspecified atom stereocenters. The van der Waals surface area contributed by atoms with Gasteiger partial charge in [0.1, 0.15) is 0 Å². The van der Waals surface area contributed by atoms with Gasteiger partial charge in [-0.2, -0.15) is 0 Å². The SMILES string of the molecule is CC(C)COC(=O)c1ccc(C(=O)O)cc1C(=O)OCC(C)C. The van der Waals surface area contributed by atoms with E-state index in [1.165, 1.54) is 12.1 Å². The summed E-state index contributed by atoms with van der Waals surface area (Å²) in [5.74, 6) is -2.33. The molecule has 0 fully saturated rings. The highest BCUT2D eigenvalue weighted by Gasteiger charge is 2.22. The van der Waals surface area contributed by atoms with Crippen molar-refractivity contribution in [1.29, 1.82) is 0 Å². The van der Waals surface area contributed by atoms with Gasteiger partial charge in [0.2, 0.25) is 0 Å². The van der Waals surface area contributed by atoms with Gasteiger partial charge in [-0.3, -0.25) is 0 Å². The average Bonchev–Trinajstić information content (AvgIpc) is 2.49. The van der Waals surface area contributed by atoms with Crippen molar-refractivity contribution in [3.8, 4) is 0 Å². The first-order chi connectivity index (χ1) is 10.7. The van der Waals surface area contributed by atoms with Crippen molar-refractivity contribution in [3.63, 3.8) is 0 Å². The predicted octanol–water partition coefficient (Wildman–Crippen LogP) is 3.01. The fourth-order valence-electron chi connectivity index (χ4n) is 1.66. The highest BCUT2D eigenvalue weighted by atomic mass is 16.5. The van der Waals surface area contributed by atoms with E-state index in [0.29, 0.717) is 0 Å². The summed E-state index contributed by atoms with van der Waals surface area (Å²) in [5.41, 5.74) is -0.189. The molecule has 0 radical (unpaired) electrons. The molecule has 0 atom stereocenters. The molecular formula is C17H22O6. The lowest BCUT2D eigenvalue weighted by Crippen LogP contribution is -2.18. The summed E-state index contributed by atoms with van der Waals surface area (Å²) in [6.07, 6.45) is 0. The predicted molar refractivity (Wildman–Crippen MR) is 83.6 cm³/mol. The molecule has 0 amide bonds. The number of hydrogen-bond donors (Lipinski definition) is 1. The van der Waals surface area contributed by atoms with Crippen LogP contribution in [-0.2, 0) is 9.47 Å². The van der Waals surface area contributed by atoms with Crippen molar-refractivity contribution in [2.24, 2.45) is 11.8 Å². The first-order valence-corrected chi connectivity index (χ1v) is 7.44. The fraction of sp³-hybridized carbons (Fsp3) is 0.471. The highest BCUT2D eigenvalue weighted by molar-refractivity contribution is 6.05. The van der Waals surface area contributed by atoms with Crippen LogP contribution in [0, 0.1) is 11.8 Å². The van der Waals surface area contributed by atoms with E-state index in [-0.39, 0.29) is 41.7 Å². The van der Waals surface area contributed by atoms with Gasteiger partial charge in [-0.25, -0.2) is 14.4 Å². The Morgan fingerprint density at radius 2 is 1.39 bits per heavy atom. The quantitative estimate of drug-likeness (QED) is 0.776. The minimum Gasteiger partial charge on any atom is -0.478 e. The van der Waals surface area contributed by atoms with Crippen LogP contribution in [0.15, 0.2) is 18.2 Å². The number of ether oxygens (including phenoxy) is 2. The number of hydrogen-bond acceptors (Lipinski definition) is 5. The number of carboxylic acid groups (broad SMARTS) is 1. The molecule has 6 heteroatoms. The van der Waals surface area contributed by atoms with E-state index in [1.54, 1.807) is 0 Å². The Kier molecular flexibility index (Phi) is 6.75. The Bertz CT molecular complexity index is 589. The number of benzene rings is 1. The van der Waals surface area contributed by atoms with Crippen molar-refractivity contribution >= 4 is 17.9 Å². The second-order valence-electron chi connectivity index (χ2n) is 6.05. The lowest BCUT2D eigenvalue weighted by molar-refractivity contribution is 0.0412. The lowest BCUT2D eigenvalue weighted by Gasteiger charge is -2.12. The molecule has 0 heterocycles. The zero-order valence-electron chi connectivity index (χ0n) is 13.8. The lowest BCUT2D eigenvalue weighted by atomic mass is 10.0. The van der Waals surface area contributed by atoms with E-state index in [4.69, 9.17) is 14.6 Å². The van der Waals surface area contributed by atoms with E-state index in [2.05, 4.69) is 0 Å². The van der Waals surface area contributed by atoms with E-state index in [9.17, 15) is 14.4 Å². The number of carbonyl (C=O) groups is 3. The third kappa shape index (κ3) is 5.73. The highest BCUT2D eigenvalue weighted by Crippen LogP contribution is 2.16. The molecule has 0 aliphatic carbocycles. The summed E-state index contributed by atoms with van der Waals surface area (Å²) in [4.78, 5) is 35.4. The van der Waals surface area contributed by atoms with Crippen molar-refractivity contribution in [2.75, 3.05) is 13.2 Å². The van der Waals surface area contributed by atoms with Gasteiger partial charge in [-0.1, -0.05) is 27.7 Å². The number of carbonyl (C=O) groups excluding carboxylic acids is 2. The molecular weight excluding hydrogens is 300 g/mol. The molecule has 0 aromatic heterocycles. The molecule has 0 saturated heterocycles. The van der Waals surface area contributed by atoms with Crippen LogP contribution in [-0.4, -0.2) is 36.2 Å². The molecule has 0 bridgehead atoms. The average molecular weight is 322 g/mol. The van der Waals surface area contributed by atoms with Crippen LogP contribution in [0.4, 0.5) is 0 Å². The first-order valence-electron chi connectivity index (χ1n) is 7.44. The number of rotatable bonds is 7. The summed E-state index contributed by atoms with van der Waals surface area (Å²) in [5, 5.41) is 9.05. The van der Waals surface area contributed by atoms with Crippen LogP contribution in [0.3, 0.4) is 0 Å². The molecule has 23 heavy (non-hydrogen) atoms. The van der Waals surface area contributed by atoms with Crippen LogP contribution in [0.2, 0.25) is 0 Å². The van der Waals surface area contributed by atoms with Gasteiger partial charge in [0, 0.05) is 0 Å². The maximum Gasteiger partial charge on any atom is 0.339 e. The second kappa shape index (κ2) is 8.31.